The number of aromatic nitrogens is 1. The maximum atomic E-state index is 14.1. The average Bonchev–Trinajstić information content (AvgIpc) is 3.40. The van der Waals surface area contributed by atoms with Crippen LogP contribution in [0.3, 0.4) is 0 Å². The molecule has 170 valence electrons. The number of anilines is 2. The van der Waals surface area contributed by atoms with Gasteiger partial charge in [0.25, 0.3) is 5.91 Å². The van der Waals surface area contributed by atoms with Gasteiger partial charge in [-0.15, -0.1) is 11.3 Å². The van der Waals surface area contributed by atoms with E-state index in [0.717, 1.165) is 23.4 Å². The first kappa shape index (κ1) is 21.9. The van der Waals surface area contributed by atoms with Crippen molar-refractivity contribution in [2.75, 3.05) is 36.4 Å². The molecule has 2 amide bonds. The predicted octanol–water partition coefficient (Wildman–Crippen LogP) is 4.57. The van der Waals surface area contributed by atoms with E-state index in [2.05, 4.69) is 10.3 Å². The van der Waals surface area contributed by atoms with Crippen LogP contribution in [0.25, 0.3) is 0 Å². The van der Waals surface area contributed by atoms with E-state index in [1.54, 1.807) is 36.4 Å². The number of rotatable bonds is 4. The molecular weight excluding hydrogens is 463 g/mol. The third kappa shape index (κ3) is 4.45. The Morgan fingerprint density at radius 2 is 1.79 bits per heavy atom. The normalized spacial score (nSPS) is 17.7. The van der Waals surface area contributed by atoms with Crippen LogP contribution in [-0.4, -0.2) is 47.9 Å². The minimum atomic E-state index is -0.294. The van der Waals surface area contributed by atoms with Crippen LogP contribution in [0.15, 0.2) is 48.5 Å². The van der Waals surface area contributed by atoms with Crippen molar-refractivity contribution in [2.45, 2.75) is 18.8 Å². The van der Waals surface area contributed by atoms with E-state index < -0.39 is 0 Å². The van der Waals surface area contributed by atoms with Crippen molar-refractivity contribution >= 4 is 45.6 Å². The summed E-state index contributed by atoms with van der Waals surface area (Å²) in [5.41, 5.74) is 1.84. The van der Waals surface area contributed by atoms with Gasteiger partial charge in [-0.2, -0.15) is 0 Å². The van der Waals surface area contributed by atoms with Crippen molar-refractivity contribution in [3.05, 3.63) is 75.5 Å². The molecule has 1 aromatic heterocycles. The molecule has 2 heterocycles. The van der Waals surface area contributed by atoms with Gasteiger partial charge < -0.3 is 9.80 Å². The maximum Gasteiger partial charge on any atom is 0.257 e. The molecule has 2 aliphatic rings. The molecule has 1 fully saturated rings. The number of nitrogens with zero attached hydrogens (tertiary/aromatic N) is 3. The van der Waals surface area contributed by atoms with E-state index >= 15 is 0 Å². The zero-order chi connectivity index (χ0) is 22.9. The van der Waals surface area contributed by atoms with Gasteiger partial charge in [0, 0.05) is 41.6 Å². The summed E-state index contributed by atoms with van der Waals surface area (Å²) in [6.45, 7) is 2.27. The second-order valence-corrected chi connectivity index (χ2v) is 9.66. The first-order valence-corrected chi connectivity index (χ1v) is 12.0. The van der Waals surface area contributed by atoms with Crippen LogP contribution in [0.4, 0.5) is 15.2 Å². The highest BCUT2D eigenvalue weighted by Crippen LogP contribution is 2.39. The number of hydrogen-bond donors (Lipinski definition) is 1. The second-order valence-electron chi connectivity index (χ2n) is 8.14. The Kier molecular flexibility index (Phi) is 6.03. The molecule has 1 unspecified atom stereocenters. The van der Waals surface area contributed by atoms with Crippen LogP contribution >= 0.6 is 22.9 Å². The van der Waals surface area contributed by atoms with Gasteiger partial charge in [0.2, 0.25) is 5.91 Å². The minimum Gasteiger partial charge on any atom is -0.366 e. The fourth-order valence-corrected chi connectivity index (χ4v) is 5.55. The summed E-state index contributed by atoms with van der Waals surface area (Å²) >= 11 is 7.31. The Morgan fingerprint density at radius 1 is 1.06 bits per heavy atom. The molecule has 1 aliphatic carbocycles. The SMILES string of the molecule is O=C(Nc1nc2c(s1)CCC2C(=O)N1CCN(c2ccccc2F)CC1)c1ccc(Cl)cc1. The molecule has 33 heavy (non-hydrogen) atoms. The topological polar surface area (TPSA) is 65.5 Å². The van der Waals surface area contributed by atoms with Gasteiger partial charge in [-0.25, -0.2) is 9.37 Å². The van der Waals surface area contributed by atoms with E-state index in [-0.39, 0.29) is 23.5 Å². The summed E-state index contributed by atoms with van der Waals surface area (Å²) in [6.07, 6.45) is 1.50. The lowest BCUT2D eigenvalue weighted by Crippen LogP contribution is -2.50. The highest BCUT2D eigenvalue weighted by atomic mass is 35.5. The molecule has 0 radical (unpaired) electrons. The summed E-state index contributed by atoms with van der Waals surface area (Å²) in [7, 11) is 0. The van der Waals surface area contributed by atoms with Crippen molar-refractivity contribution in [3.63, 3.8) is 0 Å². The zero-order valence-corrected chi connectivity index (χ0v) is 19.3. The van der Waals surface area contributed by atoms with Gasteiger partial charge in [0.15, 0.2) is 5.13 Å². The van der Waals surface area contributed by atoms with Crippen molar-refractivity contribution in [3.8, 4) is 0 Å². The lowest BCUT2D eigenvalue weighted by atomic mass is 10.1. The molecular formula is C24H22ClFN4O2S. The summed E-state index contributed by atoms with van der Waals surface area (Å²) in [5, 5.41) is 3.90. The van der Waals surface area contributed by atoms with Crippen molar-refractivity contribution in [2.24, 2.45) is 0 Å². The van der Waals surface area contributed by atoms with Gasteiger partial charge in [0.05, 0.1) is 17.3 Å². The predicted molar refractivity (Wildman–Crippen MR) is 128 cm³/mol. The Labute approximate surface area is 200 Å². The zero-order valence-electron chi connectivity index (χ0n) is 17.8. The molecule has 1 N–H and O–H groups in total. The van der Waals surface area contributed by atoms with Gasteiger partial charge in [0.1, 0.15) is 5.82 Å². The fraction of sp³-hybridized carbons (Fsp3) is 0.292. The third-order valence-corrected chi connectivity index (χ3v) is 7.43. The third-order valence-electron chi connectivity index (χ3n) is 6.13. The fourth-order valence-electron chi connectivity index (χ4n) is 4.39. The number of amides is 2. The Balaban J connectivity index is 1.23. The van der Waals surface area contributed by atoms with Gasteiger partial charge in [-0.1, -0.05) is 23.7 Å². The van der Waals surface area contributed by atoms with E-state index in [4.69, 9.17) is 11.6 Å². The molecule has 0 bridgehead atoms. The number of halogens is 2. The van der Waals surface area contributed by atoms with Crippen molar-refractivity contribution < 1.29 is 14.0 Å². The van der Waals surface area contributed by atoms with Crippen LogP contribution in [0.5, 0.6) is 0 Å². The first-order chi connectivity index (χ1) is 16.0. The molecule has 1 atom stereocenters. The number of aryl methyl sites for hydroxylation is 1. The van der Waals surface area contributed by atoms with E-state index in [1.165, 1.54) is 17.4 Å². The standard InChI is InChI=1S/C24H22ClFN4O2S/c25-16-7-5-15(6-8-16)22(31)28-24-27-21-17(9-10-20(21)33-24)23(32)30-13-11-29(12-14-30)19-4-2-1-3-18(19)26/h1-8,17H,9-14H2,(H,27,28,31). The molecule has 1 aliphatic heterocycles. The summed E-state index contributed by atoms with van der Waals surface area (Å²) in [5.74, 6) is -0.736. The highest BCUT2D eigenvalue weighted by Gasteiger charge is 2.36. The van der Waals surface area contributed by atoms with Crippen LogP contribution in [0, 0.1) is 5.82 Å². The number of benzene rings is 2. The molecule has 6 nitrogen and oxygen atoms in total. The van der Waals surface area contributed by atoms with Crippen LogP contribution in [-0.2, 0) is 11.2 Å². The van der Waals surface area contributed by atoms with Gasteiger partial charge in [-0.05, 0) is 49.2 Å². The smallest absolute Gasteiger partial charge is 0.257 e. The molecule has 1 saturated heterocycles. The van der Waals surface area contributed by atoms with Gasteiger partial charge in [-0.3, -0.25) is 14.9 Å². The van der Waals surface area contributed by atoms with Crippen LogP contribution < -0.4 is 10.2 Å². The Morgan fingerprint density at radius 3 is 2.52 bits per heavy atom. The molecule has 3 aromatic rings. The minimum absolute atomic E-state index is 0.0582. The molecule has 0 spiro atoms. The summed E-state index contributed by atoms with van der Waals surface area (Å²) in [6, 6.07) is 13.4. The number of thiazole rings is 1. The van der Waals surface area contributed by atoms with Crippen molar-refractivity contribution in [1.82, 2.24) is 9.88 Å². The quantitative estimate of drug-likeness (QED) is 0.589. The summed E-state index contributed by atoms with van der Waals surface area (Å²) < 4.78 is 14.1. The monoisotopic (exact) mass is 484 g/mol. The number of nitrogens with one attached hydrogen (secondary N) is 1. The Hall–Kier alpha value is -2.97. The molecule has 9 heteroatoms. The van der Waals surface area contributed by atoms with Crippen LogP contribution in [0.2, 0.25) is 5.02 Å². The van der Waals surface area contributed by atoms with Crippen molar-refractivity contribution in [1.29, 1.82) is 0 Å². The lowest BCUT2D eigenvalue weighted by Gasteiger charge is -2.37. The van der Waals surface area contributed by atoms with Gasteiger partial charge >= 0.3 is 0 Å². The maximum absolute atomic E-state index is 14.1. The lowest BCUT2D eigenvalue weighted by molar-refractivity contribution is -0.133. The number of piperazine rings is 1. The molecule has 5 rings (SSSR count). The Bertz CT molecular complexity index is 1190. The second kappa shape index (κ2) is 9.11. The largest absolute Gasteiger partial charge is 0.366 e. The number of para-hydroxylation sites is 1. The first-order valence-electron chi connectivity index (χ1n) is 10.8. The van der Waals surface area contributed by atoms with E-state index in [1.807, 2.05) is 15.9 Å². The number of fused-ring (bicyclic) bond motifs is 1. The van der Waals surface area contributed by atoms with E-state index in [0.29, 0.717) is 47.6 Å². The average molecular weight is 485 g/mol. The number of carbonyl (C=O) groups is 2. The number of carbonyl (C=O) groups excluding carboxylic acids is 2. The number of hydrogen-bond acceptors (Lipinski definition) is 5. The molecule has 0 saturated carbocycles. The highest BCUT2D eigenvalue weighted by molar-refractivity contribution is 7.16. The summed E-state index contributed by atoms with van der Waals surface area (Å²) in [4.78, 5) is 35.2. The van der Waals surface area contributed by atoms with Crippen LogP contribution in [0.1, 0.15) is 33.3 Å². The molecule has 2 aromatic carbocycles. The van der Waals surface area contributed by atoms with E-state index in [9.17, 15) is 14.0 Å².